The molecular weight excluding hydrogens is 366 g/mol. The topological polar surface area (TPSA) is 86.5 Å². The molecule has 1 amide bonds. The fraction of sp³-hybridized carbons (Fsp3) is 0.316. The van der Waals surface area contributed by atoms with E-state index in [0.29, 0.717) is 17.4 Å². The highest BCUT2D eigenvalue weighted by atomic mass is 32.1. The molecule has 0 saturated heterocycles. The summed E-state index contributed by atoms with van der Waals surface area (Å²) in [6, 6.07) is 5.41. The second kappa shape index (κ2) is 8.22. The average Bonchev–Trinajstić information content (AvgIpc) is 3.29. The van der Waals surface area contributed by atoms with Gasteiger partial charge in [-0.3, -0.25) is 4.79 Å². The third-order valence-electron chi connectivity index (χ3n) is 3.88. The number of oxazole rings is 1. The number of aromatic nitrogens is 2. The monoisotopic (exact) mass is 387 g/mol. The van der Waals surface area contributed by atoms with Gasteiger partial charge in [0.25, 0.3) is 5.91 Å². The fourth-order valence-corrected chi connectivity index (χ4v) is 3.14. The minimum atomic E-state index is -0.323. The predicted molar refractivity (Wildman–Crippen MR) is 101 cm³/mol. The van der Waals surface area contributed by atoms with Crippen LogP contribution in [0.2, 0.25) is 0 Å². The first-order valence-corrected chi connectivity index (χ1v) is 9.29. The van der Waals surface area contributed by atoms with Crippen molar-refractivity contribution in [1.29, 1.82) is 0 Å². The maximum absolute atomic E-state index is 12.3. The maximum atomic E-state index is 12.3. The number of carbonyl (C=O) groups excluding carboxylic acids is 1. The lowest BCUT2D eigenvalue weighted by Crippen LogP contribution is -2.27. The van der Waals surface area contributed by atoms with Crippen LogP contribution in [0.15, 0.2) is 34.3 Å². The summed E-state index contributed by atoms with van der Waals surface area (Å²) in [5, 5.41) is 5.74. The number of hydrogen-bond donors (Lipinski definition) is 1. The number of amides is 1. The van der Waals surface area contributed by atoms with Crippen LogP contribution in [0.4, 0.5) is 0 Å². The molecule has 0 aliphatic heterocycles. The third kappa shape index (κ3) is 4.65. The van der Waals surface area contributed by atoms with E-state index < -0.39 is 0 Å². The minimum Gasteiger partial charge on any atom is -0.493 e. The maximum Gasteiger partial charge on any atom is 0.273 e. The number of thiazole rings is 1. The molecule has 7 nitrogen and oxygen atoms in total. The SMILES string of the molecule is COc1cc(C)ccc1OCc1nc(C(=O)N[C@@H](C)c2csc(C)n2)co1. The van der Waals surface area contributed by atoms with Crippen molar-refractivity contribution < 1.29 is 18.7 Å². The highest BCUT2D eigenvalue weighted by Crippen LogP contribution is 2.28. The molecule has 1 N–H and O–H groups in total. The van der Waals surface area contributed by atoms with Crippen LogP contribution in [0, 0.1) is 13.8 Å². The Labute approximate surface area is 161 Å². The van der Waals surface area contributed by atoms with Gasteiger partial charge >= 0.3 is 0 Å². The zero-order valence-corrected chi connectivity index (χ0v) is 16.4. The summed E-state index contributed by atoms with van der Waals surface area (Å²) in [5.41, 5.74) is 2.09. The number of rotatable bonds is 7. The summed E-state index contributed by atoms with van der Waals surface area (Å²) in [7, 11) is 1.58. The Morgan fingerprint density at radius 1 is 1.30 bits per heavy atom. The Hall–Kier alpha value is -2.87. The van der Waals surface area contributed by atoms with Gasteiger partial charge in [-0.25, -0.2) is 9.97 Å². The predicted octanol–water partition coefficient (Wildman–Crippen LogP) is 3.83. The molecule has 2 aromatic heterocycles. The first kappa shape index (κ1) is 18.9. The molecule has 0 aliphatic rings. The zero-order chi connectivity index (χ0) is 19.4. The number of methoxy groups -OCH3 is 1. The molecule has 0 unspecified atom stereocenters. The summed E-state index contributed by atoms with van der Waals surface area (Å²) in [6.45, 7) is 5.86. The molecule has 0 radical (unpaired) electrons. The molecule has 3 rings (SSSR count). The number of nitrogens with one attached hydrogen (secondary N) is 1. The van der Waals surface area contributed by atoms with Crippen molar-refractivity contribution in [1.82, 2.24) is 15.3 Å². The van der Waals surface area contributed by atoms with E-state index in [4.69, 9.17) is 13.9 Å². The number of carbonyl (C=O) groups is 1. The van der Waals surface area contributed by atoms with E-state index in [2.05, 4.69) is 15.3 Å². The highest BCUT2D eigenvalue weighted by molar-refractivity contribution is 7.09. The molecule has 0 bridgehead atoms. The van der Waals surface area contributed by atoms with Gasteiger partial charge in [-0.2, -0.15) is 0 Å². The molecule has 142 valence electrons. The van der Waals surface area contributed by atoms with Gasteiger partial charge in [-0.05, 0) is 38.5 Å². The van der Waals surface area contributed by atoms with Gasteiger partial charge in [0.05, 0.1) is 23.9 Å². The van der Waals surface area contributed by atoms with Crippen LogP contribution in [0.1, 0.15) is 45.6 Å². The van der Waals surface area contributed by atoms with Crippen molar-refractivity contribution in [2.75, 3.05) is 7.11 Å². The molecule has 0 aliphatic carbocycles. The Morgan fingerprint density at radius 2 is 2.11 bits per heavy atom. The zero-order valence-electron chi connectivity index (χ0n) is 15.6. The number of hydrogen-bond acceptors (Lipinski definition) is 7. The van der Waals surface area contributed by atoms with E-state index in [-0.39, 0.29) is 24.2 Å². The number of aryl methyl sites for hydroxylation is 2. The molecule has 3 aromatic rings. The Morgan fingerprint density at radius 3 is 2.81 bits per heavy atom. The van der Waals surface area contributed by atoms with Crippen LogP contribution < -0.4 is 14.8 Å². The number of ether oxygens (including phenoxy) is 2. The van der Waals surface area contributed by atoms with Crippen molar-refractivity contribution in [3.05, 3.63) is 57.7 Å². The van der Waals surface area contributed by atoms with Crippen LogP contribution in [0.5, 0.6) is 11.5 Å². The van der Waals surface area contributed by atoms with Gasteiger partial charge < -0.3 is 19.2 Å². The van der Waals surface area contributed by atoms with Crippen LogP contribution >= 0.6 is 11.3 Å². The van der Waals surface area contributed by atoms with Gasteiger partial charge in [0.2, 0.25) is 5.89 Å². The molecule has 0 saturated carbocycles. The molecule has 0 fully saturated rings. The van der Waals surface area contributed by atoms with E-state index in [1.807, 2.05) is 44.4 Å². The summed E-state index contributed by atoms with van der Waals surface area (Å²) in [4.78, 5) is 20.9. The Balaban J connectivity index is 1.60. The second-order valence-corrected chi connectivity index (χ2v) is 7.12. The standard InChI is InChI=1S/C19H21N3O4S/c1-11-5-6-16(17(7-11)24-4)25-9-18-22-14(8-26-18)19(23)20-12(2)15-10-27-13(3)21-15/h5-8,10,12H,9H2,1-4H3,(H,20,23)/t12-/m0/s1. The molecule has 8 heteroatoms. The summed E-state index contributed by atoms with van der Waals surface area (Å²) >= 11 is 1.54. The summed E-state index contributed by atoms with van der Waals surface area (Å²) in [6.07, 6.45) is 1.32. The quantitative estimate of drug-likeness (QED) is 0.663. The van der Waals surface area contributed by atoms with Gasteiger partial charge in [0.15, 0.2) is 23.8 Å². The summed E-state index contributed by atoms with van der Waals surface area (Å²) in [5.74, 6) is 1.20. The lowest BCUT2D eigenvalue weighted by atomic mass is 10.2. The molecule has 2 heterocycles. The lowest BCUT2D eigenvalue weighted by Gasteiger charge is -2.10. The first-order chi connectivity index (χ1) is 13.0. The van der Waals surface area contributed by atoms with E-state index in [1.165, 1.54) is 6.26 Å². The van der Waals surface area contributed by atoms with E-state index >= 15 is 0 Å². The molecular formula is C19H21N3O4S. The molecule has 27 heavy (non-hydrogen) atoms. The van der Waals surface area contributed by atoms with Gasteiger partial charge in [0.1, 0.15) is 6.26 Å². The highest BCUT2D eigenvalue weighted by Gasteiger charge is 2.17. The third-order valence-corrected chi connectivity index (χ3v) is 4.67. The van der Waals surface area contributed by atoms with Crippen molar-refractivity contribution in [3.63, 3.8) is 0 Å². The molecule has 1 atom stereocenters. The van der Waals surface area contributed by atoms with Crippen molar-refractivity contribution in [2.24, 2.45) is 0 Å². The summed E-state index contributed by atoms with van der Waals surface area (Å²) < 4.78 is 16.3. The molecule has 0 spiro atoms. The van der Waals surface area contributed by atoms with Crippen LogP contribution in [-0.2, 0) is 6.61 Å². The van der Waals surface area contributed by atoms with Crippen LogP contribution in [-0.4, -0.2) is 23.0 Å². The van der Waals surface area contributed by atoms with Crippen LogP contribution in [0.25, 0.3) is 0 Å². The van der Waals surface area contributed by atoms with Gasteiger partial charge in [-0.15, -0.1) is 11.3 Å². The lowest BCUT2D eigenvalue weighted by molar-refractivity contribution is 0.0934. The van der Waals surface area contributed by atoms with Gasteiger partial charge in [0, 0.05) is 5.38 Å². The van der Waals surface area contributed by atoms with E-state index in [1.54, 1.807) is 18.4 Å². The van der Waals surface area contributed by atoms with Crippen LogP contribution in [0.3, 0.4) is 0 Å². The van der Waals surface area contributed by atoms with Crippen molar-refractivity contribution in [3.8, 4) is 11.5 Å². The smallest absolute Gasteiger partial charge is 0.273 e. The number of nitrogens with zero attached hydrogens (tertiary/aromatic N) is 2. The van der Waals surface area contributed by atoms with Crippen molar-refractivity contribution >= 4 is 17.2 Å². The van der Waals surface area contributed by atoms with Gasteiger partial charge in [-0.1, -0.05) is 6.07 Å². The van der Waals surface area contributed by atoms with Crippen molar-refractivity contribution in [2.45, 2.75) is 33.4 Å². The average molecular weight is 387 g/mol. The first-order valence-electron chi connectivity index (χ1n) is 8.41. The largest absolute Gasteiger partial charge is 0.493 e. The Bertz CT molecular complexity index is 935. The fourth-order valence-electron chi connectivity index (χ4n) is 2.44. The van der Waals surface area contributed by atoms with E-state index in [9.17, 15) is 4.79 Å². The van der Waals surface area contributed by atoms with E-state index in [0.717, 1.165) is 16.3 Å². The normalized spacial score (nSPS) is 11.9. The molecule has 1 aromatic carbocycles. The Kier molecular flexibility index (Phi) is 5.75. The minimum absolute atomic E-state index is 0.0908. The second-order valence-electron chi connectivity index (χ2n) is 6.06. The number of benzene rings is 1.